The molecule has 2 atom stereocenters. The number of carbonyl (C=O) groups excluding carboxylic acids is 1. The Morgan fingerprint density at radius 2 is 2.54 bits per heavy atom. The maximum atomic E-state index is 10.2. The Balaban J connectivity index is 2.68. The molecule has 4 nitrogen and oxygen atoms in total. The highest BCUT2D eigenvalue weighted by Crippen LogP contribution is 2.34. The lowest BCUT2D eigenvalue weighted by Gasteiger charge is -2.27. The minimum atomic E-state index is -0.591. The number of hydrogen-bond donors (Lipinski definition) is 0. The lowest BCUT2D eigenvalue weighted by molar-refractivity contribution is -0.145. The Hall–Kier alpha value is -1.03. The predicted molar refractivity (Wildman–Crippen MR) is 46.1 cm³/mol. The molecule has 0 amide bonds. The van der Waals surface area contributed by atoms with Crippen LogP contribution in [0.3, 0.4) is 0 Å². The third-order valence-corrected chi connectivity index (χ3v) is 2.12. The first-order valence-corrected chi connectivity index (χ1v) is 4.07. The second kappa shape index (κ2) is 3.79. The van der Waals surface area contributed by atoms with E-state index < -0.39 is 5.60 Å². The van der Waals surface area contributed by atoms with Crippen LogP contribution in [0, 0.1) is 0 Å². The van der Waals surface area contributed by atoms with Crippen LogP contribution in [0.4, 0.5) is 0 Å². The number of ether oxygens (including phenoxy) is 3. The van der Waals surface area contributed by atoms with Crippen molar-refractivity contribution in [3.8, 4) is 0 Å². The zero-order chi connectivity index (χ0) is 9.90. The molecule has 74 valence electrons. The van der Waals surface area contributed by atoms with Crippen molar-refractivity contribution < 1.29 is 19.0 Å². The summed E-state index contributed by atoms with van der Waals surface area (Å²) in [6, 6.07) is 0. The summed E-state index contributed by atoms with van der Waals surface area (Å²) in [5.41, 5.74) is -0.591. The molecule has 0 N–H and O–H groups in total. The van der Waals surface area contributed by atoms with Crippen LogP contribution in [0.5, 0.6) is 0 Å². The van der Waals surface area contributed by atoms with E-state index in [1.807, 2.05) is 6.92 Å². The monoisotopic (exact) mass is 186 g/mol. The largest absolute Gasteiger partial charge is 0.486 e. The first-order chi connectivity index (χ1) is 6.12. The van der Waals surface area contributed by atoms with E-state index in [1.165, 1.54) is 0 Å². The fraction of sp³-hybridized carbons (Fsp3) is 0.667. The number of methoxy groups -OCH3 is 1. The molecule has 0 spiro atoms. The number of hydrogen-bond acceptors (Lipinski definition) is 4. The molecule has 1 saturated heterocycles. The van der Waals surface area contributed by atoms with E-state index in [0.717, 1.165) is 0 Å². The summed E-state index contributed by atoms with van der Waals surface area (Å²) in [4.78, 5) is 10.2. The van der Waals surface area contributed by atoms with Gasteiger partial charge in [0.05, 0.1) is 12.4 Å². The van der Waals surface area contributed by atoms with Crippen molar-refractivity contribution >= 4 is 6.47 Å². The molecule has 4 heteroatoms. The Bertz CT molecular complexity index is 214. The minimum absolute atomic E-state index is 0.294. The molecule has 0 aromatic rings. The van der Waals surface area contributed by atoms with E-state index in [1.54, 1.807) is 7.11 Å². The van der Waals surface area contributed by atoms with Crippen molar-refractivity contribution in [3.05, 3.63) is 12.3 Å². The molecule has 0 aliphatic carbocycles. The Morgan fingerprint density at radius 1 is 1.85 bits per heavy atom. The van der Waals surface area contributed by atoms with Gasteiger partial charge in [-0.25, -0.2) is 0 Å². The molecular formula is C9H14O4. The smallest absolute Gasteiger partial charge is 0.293 e. The fourth-order valence-corrected chi connectivity index (χ4v) is 1.53. The van der Waals surface area contributed by atoms with Crippen LogP contribution >= 0.6 is 0 Å². The van der Waals surface area contributed by atoms with Gasteiger partial charge in [0.2, 0.25) is 0 Å². The molecule has 13 heavy (non-hydrogen) atoms. The van der Waals surface area contributed by atoms with Crippen molar-refractivity contribution in [1.29, 1.82) is 0 Å². The zero-order valence-electron chi connectivity index (χ0n) is 7.91. The van der Waals surface area contributed by atoms with E-state index in [0.29, 0.717) is 25.3 Å². The average molecular weight is 186 g/mol. The molecule has 1 aliphatic heterocycles. The number of carbonyl (C=O) groups is 1. The van der Waals surface area contributed by atoms with Gasteiger partial charge in [-0.3, -0.25) is 4.79 Å². The topological polar surface area (TPSA) is 44.8 Å². The fourth-order valence-electron chi connectivity index (χ4n) is 1.53. The van der Waals surface area contributed by atoms with E-state index in [4.69, 9.17) is 14.2 Å². The van der Waals surface area contributed by atoms with Gasteiger partial charge in [-0.05, 0) is 6.92 Å². The molecule has 1 fully saturated rings. The van der Waals surface area contributed by atoms with Crippen LogP contribution in [0.25, 0.3) is 0 Å². The van der Waals surface area contributed by atoms with Crippen molar-refractivity contribution in [2.24, 2.45) is 0 Å². The first kappa shape index (κ1) is 10.1. The third kappa shape index (κ3) is 2.01. The van der Waals surface area contributed by atoms with Gasteiger partial charge in [-0.15, -0.1) is 0 Å². The highest BCUT2D eigenvalue weighted by molar-refractivity contribution is 5.38. The third-order valence-electron chi connectivity index (χ3n) is 2.12. The van der Waals surface area contributed by atoms with Gasteiger partial charge in [-0.1, -0.05) is 6.58 Å². The van der Waals surface area contributed by atoms with E-state index in [2.05, 4.69) is 6.58 Å². The second-order valence-electron chi connectivity index (χ2n) is 3.31. The molecule has 0 aromatic carbocycles. The summed E-state index contributed by atoms with van der Waals surface area (Å²) >= 11 is 0. The molecule has 0 radical (unpaired) electrons. The van der Waals surface area contributed by atoms with E-state index in [-0.39, 0.29) is 6.10 Å². The van der Waals surface area contributed by atoms with E-state index in [9.17, 15) is 4.79 Å². The van der Waals surface area contributed by atoms with Crippen LogP contribution in [-0.4, -0.2) is 31.9 Å². The summed E-state index contributed by atoms with van der Waals surface area (Å²) in [7, 11) is 1.58. The van der Waals surface area contributed by atoms with Gasteiger partial charge in [0, 0.05) is 13.5 Å². The van der Waals surface area contributed by atoms with Crippen LogP contribution in [0.1, 0.15) is 13.3 Å². The van der Waals surface area contributed by atoms with Gasteiger partial charge in [-0.2, -0.15) is 0 Å². The van der Waals surface area contributed by atoms with Crippen molar-refractivity contribution in [2.75, 3.05) is 13.7 Å². The van der Waals surface area contributed by atoms with Crippen LogP contribution in [0.15, 0.2) is 12.3 Å². The highest BCUT2D eigenvalue weighted by atomic mass is 16.6. The standard InChI is InChI=1S/C9H14O4/c1-7-4-8(12-6-10)9(2,13-7)5-11-3/h6,8H,1,4-5H2,2-3H3. The Labute approximate surface area is 77.5 Å². The second-order valence-corrected chi connectivity index (χ2v) is 3.31. The first-order valence-electron chi connectivity index (χ1n) is 4.07. The molecule has 1 heterocycles. The highest BCUT2D eigenvalue weighted by Gasteiger charge is 2.44. The summed E-state index contributed by atoms with van der Waals surface area (Å²) < 4.78 is 15.3. The lowest BCUT2D eigenvalue weighted by Crippen LogP contribution is -2.41. The van der Waals surface area contributed by atoms with Gasteiger partial charge >= 0.3 is 0 Å². The summed E-state index contributed by atoms with van der Waals surface area (Å²) in [6.07, 6.45) is 0.246. The maximum Gasteiger partial charge on any atom is 0.293 e. The van der Waals surface area contributed by atoms with E-state index >= 15 is 0 Å². The summed E-state index contributed by atoms with van der Waals surface area (Å²) in [6.45, 7) is 6.34. The van der Waals surface area contributed by atoms with Crippen LogP contribution in [0.2, 0.25) is 0 Å². The Morgan fingerprint density at radius 3 is 3.08 bits per heavy atom. The van der Waals surface area contributed by atoms with Crippen LogP contribution < -0.4 is 0 Å². The molecule has 0 bridgehead atoms. The normalized spacial score (nSPS) is 32.8. The van der Waals surface area contributed by atoms with Gasteiger partial charge in [0.15, 0.2) is 5.60 Å². The number of rotatable bonds is 4. The SMILES string of the molecule is C=C1CC(OC=O)C(C)(COC)O1. The summed E-state index contributed by atoms with van der Waals surface area (Å²) in [5.74, 6) is 0.631. The van der Waals surface area contributed by atoms with Gasteiger partial charge < -0.3 is 14.2 Å². The van der Waals surface area contributed by atoms with Crippen molar-refractivity contribution in [1.82, 2.24) is 0 Å². The zero-order valence-corrected chi connectivity index (χ0v) is 7.91. The molecular weight excluding hydrogens is 172 g/mol. The molecule has 1 rings (SSSR count). The molecule has 2 unspecified atom stereocenters. The Kier molecular flexibility index (Phi) is 2.93. The van der Waals surface area contributed by atoms with Gasteiger partial charge in [0.25, 0.3) is 6.47 Å². The minimum Gasteiger partial charge on any atom is -0.486 e. The average Bonchev–Trinajstić information content (AvgIpc) is 2.28. The molecule has 0 saturated carbocycles. The van der Waals surface area contributed by atoms with Crippen molar-refractivity contribution in [3.63, 3.8) is 0 Å². The van der Waals surface area contributed by atoms with Crippen LogP contribution in [-0.2, 0) is 19.0 Å². The van der Waals surface area contributed by atoms with Gasteiger partial charge in [0.1, 0.15) is 6.10 Å². The quantitative estimate of drug-likeness (QED) is 0.611. The summed E-state index contributed by atoms with van der Waals surface area (Å²) in [5, 5.41) is 0. The predicted octanol–water partition coefficient (Wildman–Crippen LogP) is 0.867. The van der Waals surface area contributed by atoms with Crippen molar-refractivity contribution in [2.45, 2.75) is 25.0 Å². The lowest BCUT2D eigenvalue weighted by atomic mass is 10.0. The molecule has 1 aliphatic rings. The maximum absolute atomic E-state index is 10.2. The molecule has 0 aromatic heterocycles.